The van der Waals surface area contributed by atoms with E-state index in [1.807, 2.05) is 27.7 Å². The third kappa shape index (κ3) is 7.13. The van der Waals surface area contributed by atoms with Gasteiger partial charge < -0.3 is 19.7 Å². The van der Waals surface area contributed by atoms with E-state index in [9.17, 15) is 18.0 Å². The van der Waals surface area contributed by atoms with Gasteiger partial charge in [-0.2, -0.15) is 0 Å². The van der Waals surface area contributed by atoms with Crippen LogP contribution in [-0.2, 0) is 28.9 Å². The summed E-state index contributed by atoms with van der Waals surface area (Å²) in [4.78, 5) is 29.5. The van der Waals surface area contributed by atoms with Crippen molar-refractivity contribution < 1.29 is 27.5 Å². The first-order valence-corrected chi connectivity index (χ1v) is 25.0. The predicted octanol–water partition coefficient (Wildman–Crippen LogP) is 9.25. The second kappa shape index (κ2) is 15.4. The lowest BCUT2D eigenvalue weighted by molar-refractivity contribution is -0.209. The van der Waals surface area contributed by atoms with Crippen LogP contribution in [0.2, 0.25) is 0 Å². The Bertz CT molecular complexity index is 1760. The maximum Gasteiger partial charge on any atom is 0.323 e. The van der Waals surface area contributed by atoms with Gasteiger partial charge in [0.25, 0.3) is 0 Å². The van der Waals surface area contributed by atoms with Crippen molar-refractivity contribution in [2.24, 2.45) is 56.7 Å². The summed E-state index contributed by atoms with van der Waals surface area (Å²) >= 11 is 0. The van der Waals surface area contributed by atoms with Gasteiger partial charge in [-0.05, 0) is 168 Å². The molecule has 1 aliphatic heterocycles. The number of hydrogen-bond donors (Lipinski definition) is 1. The van der Waals surface area contributed by atoms with Crippen molar-refractivity contribution in [1.29, 1.82) is 0 Å². The van der Waals surface area contributed by atoms with Crippen molar-refractivity contribution in [2.75, 3.05) is 37.7 Å². The quantitative estimate of drug-likeness (QED) is 0.140. The molecule has 1 N–H and O–H groups in total. The Labute approximate surface area is 352 Å². The first kappa shape index (κ1) is 44.1. The molecule has 1 heterocycles. The van der Waals surface area contributed by atoms with E-state index in [1.54, 1.807) is 0 Å². The smallest absolute Gasteiger partial charge is 0.323 e. The first-order valence-electron chi connectivity index (χ1n) is 23.2. The maximum atomic E-state index is 13.6. The summed E-state index contributed by atoms with van der Waals surface area (Å²) in [6.45, 7) is 30.4. The van der Waals surface area contributed by atoms with E-state index in [4.69, 9.17) is 9.47 Å². The molecular weight excluding hydrogens is 745 g/mol. The van der Waals surface area contributed by atoms with E-state index >= 15 is 0 Å². The number of carbonyl (C=O) groups excluding carboxylic acids is 2. The molecule has 6 fully saturated rings. The van der Waals surface area contributed by atoms with Gasteiger partial charge in [-0.25, -0.2) is 8.42 Å². The topological polar surface area (TPSA) is 102 Å². The van der Waals surface area contributed by atoms with Gasteiger partial charge >= 0.3 is 11.9 Å². The van der Waals surface area contributed by atoms with Crippen LogP contribution in [-0.4, -0.2) is 80.7 Å². The number of nitrogens with one attached hydrogen (secondary N) is 1. The molecule has 7 rings (SSSR count). The molecule has 1 saturated heterocycles. The SMILES string of the molecule is C=C(C)C1CCC2(NCCN3CCS(=O)(=O)CC3)CCC3(C)C(CCC4C5(C)C=CC(=C6CCC(C(=O)OC(C)C)(C(=O)OC(C)C)CC6)C(C)(C)C5CCC43C)C12. The number of ether oxygens (including phenoxy) is 2. The van der Waals surface area contributed by atoms with Gasteiger partial charge in [-0.3, -0.25) is 9.59 Å². The fourth-order valence-corrected chi connectivity index (χ4v) is 16.5. The van der Waals surface area contributed by atoms with Gasteiger partial charge in [0, 0.05) is 31.7 Å². The molecule has 0 bridgehead atoms. The van der Waals surface area contributed by atoms with Crippen LogP contribution in [0, 0.1) is 56.7 Å². The highest BCUT2D eigenvalue weighted by molar-refractivity contribution is 7.91. The van der Waals surface area contributed by atoms with Crippen LogP contribution in [0.3, 0.4) is 0 Å². The minimum atomic E-state index is -2.88. The summed E-state index contributed by atoms with van der Waals surface area (Å²) in [5, 5.41) is 4.22. The molecule has 0 aromatic heterocycles. The van der Waals surface area contributed by atoms with Gasteiger partial charge in [0.1, 0.15) is 0 Å². The minimum Gasteiger partial charge on any atom is -0.462 e. The highest BCUT2D eigenvalue weighted by atomic mass is 32.2. The molecule has 7 aliphatic rings. The molecule has 326 valence electrons. The average molecular weight is 823 g/mol. The van der Waals surface area contributed by atoms with Gasteiger partial charge in [0.05, 0.1) is 23.7 Å². The number of carbonyl (C=O) groups is 2. The van der Waals surface area contributed by atoms with Crippen LogP contribution in [0.4, 0.5) is 0 Å². The first-order chi connectivity index (χ1) is 27.1. The van der Waals surface area contributed by atoms with E-state index < -0.39 is 27.2 Å². The number of esters is 2. The number of fused-ring (bicyclic) bond motifs is 7. The summed E-state index contributed by atoms with van der Waals surface area (Å²) in [5.74, 6) is 2.59. The second-order valence-electron chi connectivity index (χ2n) is 22.2. The van der Waals surface area contributed by atoms with Crippen LogP contribution >= 0.6 is 0 Å². The summed E-state index contributed by atoms with van der Waals surface area (Å²) in [5.41, 5.74) is 3.56. The Morgan fingerprint density at radius 1 is 0.828 bits per heavy atom. The molecule has 5 saturated carbocycles. The zero-order valence-corrected chi connectivity index (χ0v) is 38.8. The lowest BCUT2D eigenvalue weighted by Gasteiger charge is -2.72. The summed E-state index contributed by atoms with van der Waals surface area (Å²) in [6, 6.07) is 0. The van der Waals surface area contributed by atoms with Crippen molar-refractivity contribution >= 4 is 21.8 Å². The van der Waals surface area contributed by atoms with Crippen LogP contribution in [0.1, 0.15) is 146 Å². The standard InChI is InChI=1S/C49H78N2O6S/c1-32(2)36-16-23-49(50-26-27-51-28-30-58(54,55)31-29-51)25-24-46(10)38(41(36)49)12-13-40-45(9)19-17-37(44(7,8)39(45)18-20-47(40,46)11)35-14-21-48(22-15-35,42(52)56-33(3)4)43(53)57-34(5)6/h17,19,33-34,36,38-41,50H,1,12-16,18,20-31H2,2-11H3. The van der Waals surface area contributed by atoms with Crippen LogP contribution < -0.4 is 5.32 Å². The second-order valence-corrected chi connectivity index (χ2v) is 24.5. The van der Waals surface area contributed by atoms with E-state index in [0.717, 1.165) is 13.1 Å². The minimum absolute atomic E-state index is 0.0323. The summed E-state index contributed by atoms with van der Waals surface area (Å²) in [7, 11) is -2.88. The van der Waals surface area contributed by atoms with Gasteiger partial charge in [-0.1, -0.05) is 64.5 Å². The van der Waals surface area contributed by atoms with Crippen LogP contribution in [0.15, 0.2) is 35.5 Å². The van der Waals surface area contributed by atoms with E-state index in [0.29, 0.717) is 68.4 Å². The third-order valence-electron chi connectivity index (χ3n) is 18.3. The van der Waals surface area contributed by atoms with Gasteiger partial charge in [0.2, 0.25) is 0 Å². The van der Waals surface area contributed by atoms with Crippen molar-refractivity contribution in [3.05, 3.63) is 35.5 Å². The molecular formula is C49H78N2O6S. The molecule has 9 atom stereocenters. The Kier molecular flexibility index (Phi) is 11.7. The molecule has 0 amide bonds. The molecule has 0 spiro atoms. The molecule has 6 aliphatic carbocycles. The summed E-state index contributed by atoms with van der Waals surface area (Å²) < 4.78 is 35.6. The maximum absolute atomic E-state index is 13.6. The fourth-order valence-electron chi connectivity index (χ4n) is 15.2. The monoisotopic (exact) mass is 823 g/mol. The van der Waals surface area contributed by atoms with Crippen molar-refractivity contribution in [3.8, 4) is 0 Å². The molecule has 0 radical (unpaired) electrons. The number of rotatable bonds is 9. The molecule has 9 unspecified atom stereocenters. The molecule has 8 nitrogen and oxygen atoms in total. The highest BCUT2D eigenvalue weighted by Crippen LogP contribution is 2.76. The van der Waals surface area contributed by atoms with E-state index in [1.165, 1.54) is 68.1 Å². The molecule has 0 aromatic carbocycles. The fraction of sp³-hybridized carbons (Fsp3) is 0.837. The molecule has 58 heavy (non-hydrogen) atoms. The van der Waals surface area contributed by atoms with Crippen molar-refractivity contribution in [1.82, 2.24) is 10.2 Å². The van der Waals surface area contributed by atoms with Gasteiger partial charge in [-0.15, -0.1) is 0 Å². The predicted molar refractivity (Wildman–Crippen MR) is 233 cm³/mol. The number of nitrogens with zero attached hydrogens (tertiary/aromatic N) is 1. The number of allylic oxidation sites excluding steroid dienone is 5. The largest absolute Gasteiger partial charge is 0.462 e. The normalized spacial score (nSPS) is 40.3. The third-order valence-corrected chi connectivity index (χ3v) is 19.9. The average Bonchev–Trinajstić information content (AvgIpc) is 3.52. The Balaban J connectivity index is 1.13. The van der Waals surface area contributed by atoms with Crippen LogP contribution in [0.25, 0.3) is 0 Å². The van der Waals surface area contributed by atoms with Crippen molar-refractivity contribution in [3.63, 3.8) is 0 Å². The highest BCUT2D eigenvalue weighted by Gasteiger charge is 2.70. The Morgan fingerprint density at radius 3 is 2.03 bits per heavy atom. The summed E-state index contributed by atoms with van der Waals surface area (Å²) in [6.07, 6.45) is 16.7. The zero-order chi connectivity index (χ0) is 42.3. The number of hydrogen-bond acceptors (Lipinski definition) is 8. The van der Waals surface area contributed by atoms with Crippen LogP contribution in [0.5, 0.6) is 0 Å². The van der Waals surface area contributed by atoms with E-state index in [-0.39, 0.29) is 50.9 Å². The Morgan fingerprint density at radius 2 is 1.45 bits per heavy atom. The van der Waals surface area contributed by atoms with Gasteiger partial charge in [0.15, 0.2) is 15.3 Å². The lowest BCUT2D eigenvalue weighted by atomic mass is 9.33. The Hall–Kier alpha value is -1.97. The molecule has 0 aromatic rings. The van der Waals surface area contributed by atoms with E-state index in [2.05, 4.69) is 70.5 Å². The molecule has 9 heteroatoms. The number of sulfone groups is 1. The lowest BCUT2D eigenvalue weighted by Crippen LogP contribution is -2.68. The van der Waals surface area contributed by atoms with Crippen molar-refractivity contribution in [2.45, 2.75) is 164 Å². The zero-order valence-electron chi connectivity index (χ0n) is 37.9.